The Hall–Kier alpha value is -2.13. The second-order valence-corrected chi connectivity index (χ2v) is 5.38. The molecule has 1 N–H and O–H groups in total. The molecule has 0 aromatic rings. The van der Waals surface area contributed by atoms with Crippen molar-refractivity contribution in [3.05, 3.63) is 32.9 Å². The number of ether oxygens (including phenoxy) is 4. The van der Waals surface area contributed by atoms with Gasteiger partial charge in [-0.25, -0.2) is 4.79 Å². The van der Waals surface area contributed by atoms with Crippen molar-refractivity contribution in [2.45, 2.75) is 39.1 Å². The van der Waals surface area contributed by atoms with Crippen molar-refractivity contribution in [3.63, 3.8) is 0 Å². The Balaban J connectivity index is 2.75. The third-order valence-electron chi connectivity index (χ3n) is 4.12. The first kappa shape index (κ1) is 18.2. The van der Waals surface area contributed by atoms with Crippen molar-refractivity contribution in [1.29, 1.82) is 0 Å². The monoisotopic (exact) mass is 343 g/mol. The number of fused-ring (bicyclic) bond motifs is 2. The number of esters is 1. The van der Waals surface area contributed by atoms with Gasteiger partial charge in [0.2, 0.25) is 5.79 Å². The third-order valence-corrected chi connectivity index (χ3v) is 4.12. The van der Waals surface area contributed by atoms with E-state index in [1.807, 2.05) is 0 Å². The number of allylic oxidation sites excluding steroid dienone is 1. The number of rotatable bonds is 6. The van der Waals surface area contributed by atoms with Gasteiger partial charge >= 0.3 is 5.97 Å². The van der Waals surface area contributed by atoms with Gasteiger partial charge in [0.05, 0.1) is 17.6 Å². The largest absolute Gasteiger partial charge is 0.512 e. The van der Waals surface area contributed by atoms with Crippen molar-refractivity contribution < 1.29 is 33.8 Å². The Bertz CT molecular complexity index is 603. The first-order valence-electron chi connectivity index (χ1n) is 7.63. The topological polar surface area (TPSA) is 117 Å². The summed E-state index contributed by atoms with van der Waals surface area (Å²) in [5.74, 6) is -3.97. The first-order chi connectivity index (χ1) is 11.3. The third kappa shape index (κ3) is 2.63. The lowest BCUT2D eigenvalue weighted by Gasteiger charge is -2.48. The van der Waals surface area contributed by atoms with Crippen LogP contribution in [0, 0.1) is 16.0 Å². The number of carbonyl (C=O) groups is 1. The van der Waals surface area contributed by atoms with Gasteiger partial charge in [-0.05, 0) is 20.8 Å². The van der Waals surface area contributed by atoms with E-state index in [4.69, 9.17) is 18.9 Å². The van der Waals surface area contributed by atoms with Crippen LogP contribution in [0.15, 0.2) is 22.8 Å². The van der Waals surface area contributed by atoms with Crippen molar-refractivity contribution >= 4 is 5.97 Å². The zero-order chi connectivity index (χ0) is 18.1. The molecule has 0 amide bonds. The minimum atomic E-state index is -1.58. The molecule has 0 saturated carbocycles. The first-order valence-corrected chi connectivity index (χ1v) is 7.63. The SMILES string of the molecule is CCOC1(OCC)C2CC(O)=C(C(=O)OC)C1C([N+](=O)[O-])=C(C)O2. The Morgan fingerprint density at radius 3 is 2.46 bits per heavy atom. The average molecular weight is 343 g/mol. The van der Waals surface area contributed by atoms with Crippen LogP contribution in [0.5, 0.6) is 0 Å². The van der Waals surface area contributed by atoms with E-state index in [9.17, 15) is 20.0 Å². The van der Waals surface area contributed by atoms with Gasteiger partial charge in [0.15, 0.2) is 11.9 Å². The van der Waals surface area contributed by atoms with Gasteiger partial charge in [-0.3, -0.25) is 10.1 Å². The van der Waals surface area contributed by atoms with Crippen LogP contribution < -0.4 is 0 Å². The molecule has 0 fully saturated rings. The lowest BCUT2D eigenvalue weighted by molar-refractivity contribution is -0.457. The van der Waals surface area contributed by atoms with Crippen LogP contribution in [0.2, 0.25) is 0 Å². The molecule has 1 heterocycles. The average Bonchev–Trinajstić information content (AvgIpc) is 2.50. The molecule has 9 heteroatoms. The van der Waals surface area contributed by atoms with Crippen LogP contribution in [0.3, 0.4) is 0 Å². The fourth-order valence-corrected chi connectivity index (χ4v) is 3.33. The fourth-order valence-electron chi connectivity index (χ4n) is 3.33. The molecular weight excluding hydrogens is 322 g/mol. The van der Waals surface area contributed by atoms with Crippen molar-refractivity contribution in [1.82, 2.24) is 0 Å². The summed E-state index contributed by atoms with van der Waals surface area (Å²) in [5.41, 5.74) is -0.621. The number of aliphatic hydroxyl groups excluding tert-OH is 1. The van der Waals surface area contributed by atoms with E-state index in [-0.39, 0.29) is 42.4 Å². The summed E-state index contributed by atoms with van der Waals surface area (Å²) >= 11 is 0. The molecule has 9 nitrogen and oxygen atoms in total. The molecule has 2 aliphatic rings. The molecule has 2 bridgehead atoms. The van der Waals surface area contributed by atoms with Gasteiger partial charge in [0, 0.05) is 19.6 Å². The molecule has 1 aliphatic carbocycles. The van der Waals surface area contributed by atoms with Gasteiger partial charge in [0.25, 0.3) is 5.70 Å². The Kier molecular flexibility index (Phi) is 5.14. The van der Waals surface area contributed by atoms with Gasteiger partial charge < -0.3 is 24.1 Å². The number of methoxy groups -OCH3 is 1. The van der Waals surface area contributed by atoms with E-state index < -0.39 is 28.7 Å². The van der Waals surface area contributed by atoms with Crippen molar-refractivity contribution in [3.8, 4) is 0 Å². The van der Waals surface area contributed by atoms with Gasteiger partial charge in [-0.15, -0.1) is 0 Å². The maximum absolute atomic E-state index is 12.2. The second kappa shape index (κ2) is 6.78. The Morgan fingerprint density at radius 2 is 2.00 bits per heavy atom. The minimum absolute atomic E-state index is 0.0546. The van der Waals surface area contributed by atoms with Crippen LogP contribution in [-0.2, 0) is 23.7 Å². The predicted molar refractivity (Wildman–Crippen MR) is 80.3 cm³/mol. The molecule has 0 saturated heterocycles. The summed E-state index contributed by atoms with van der Waals surface area (Å²) in [5, 5.41) is 21.9. The highest BCUT2D eigenvalue weighted by atomic mass is 16.7. The van der Waals surface area contributed by atoms with E-state index in [0.717, 1.165) is 7.11 Å². The van der Waals surface area contributed by atoms with E-state index >= 15 is 0 Å². The van der Waals surface area contributed by atoms with E-state index in [1.165, 1.54) is 6.92 Å². The zero-order valence-corrected chi connectivity index (χ0v) is 14.0. The molecule has 24 heavy (non-hydrogen) atoms. The normalized spacial score (nSPS) is 25.3. The fraction of sp³-hybridized carbons (Fsp3) is 0.667. The summed E-state index contributed by atoms with van der Waals surface area (Å²) in [6, 6.07) is 0. The number of nitrogens with zero attached hydrogens (tertiary/aromatic N) is 1. The highest BCUT2D eigenvalue weighted by molar-refractivity contribution is 5.90. The van der Waals surface area contributed by atoms with Crippen molar-refractivity contribution in [2.75, 3.05) is 20.3 Å². The van der Waals surface area contributed by atoms with Crippen LogP contribution >= 0.6 is 0 Å². The molecule has 134 valence electrons. The highest BCUT2D eigenvalue weighted by Gasteiger charge is 2.64. The molecule has 0 aromatic heterocycles. The molecule has 0 aromatic carbocycles. The number of hydrogen-bond acceptors (Lipinski definition) is 8. The summed E-state index contributed by atoms with van der Waals surface area (Å²) < 4.78 is 21.8. The van der Waals surface area contributed by atoms with E-state index in [1.54, 1.807) is 13.8 Å². The second-order valence-electron chi connectivity index (χ2n) is 5.38. The highest BCUT2D eigenvalue weighted by Crippen LogP contribution is 2.50. The maximum atomic E-state index is 12.2. The van der Waals surface area contributed by atoms with Gasteiger partial charge in [-0.1, -0.05) is 0 Å². The number of hydrogen-bond donors (Lipinski definition) is 1. The standard InChI is InChI=1S/C15H21NO8/c1-5-22-15(23-6-2)10-7-9(17)11(14(18)21-4)12(15)13(16(19)20)8(3)24-10/h10,12,17H,5-7H2,1-4H3. The minimum Gasteiger partial charge on any atom is -0.512 e. The van der Waals surface area contributed by atoms with Crippen LogP contribution in [0.1, 0.15) is 27.2 Å². The molecule has 0 radical (unpaired) electrons. The molecule has 1 aliphatic heterocycles. The van der Waals surface area contributed by atoms with Crippen LogP contribution in [-0.4, -0.2) is 48.2 Å². The van der Waals surface area contributed by atoms with E-state index in [0.29, 0.717) is 0 Å². The molecule has 2 unspecified atom stereocenters. The predicted octanol–water partition coefficient (Wildman–Crippen LogP) is 1.67. The summed E-state index contributed by atoms with van der Waals surface area (Å²) in [4.78, 5) is 23.2. The molecular formula is C15H21NO8. The summed E-state index contributed by atoms with van der Waals surface area (Å²) in [6.45, 7) is 5.20. The number of nitro groups is 1. The smallest absolute Gasteiger partial charge is 0.338 e. The van der Waals surface area contributed by atoms with Crippen LogP contribution in [0.4, 0.5) is 0 Å². The molecule has 0 spiro atoms. The zero-order valence-electron chi connectivity index (χ0n) is 14.0. The quantitative estimate of drug-likeness (QED) is 0.335. The molecule has 2 atom stereocenters. The van der Waals surface area contributed by atoms with Gasteiger partial charge in [-0.2, -0.15) is 0 Å². The summed E-state index contributed by atoms with van der Waals surface area (Å²) in [6.07, 6.45) is -0.900. The van der Waals surface area contributed by atoms with Gasteiger partial charge in [0.1, 0.15) is 11.7 Å². The maximum Gasteiger partial charge on any atom is 0.338 e. The molecule has 2 rings (SSSR count). The Labute approximate surface area is 139 Å². The van der Waals surface area contributed by atoms with E-state index in [2.05, 4.69) is 0 Å². The lowest BCUT2D eigenvalue weighted by Crippen LogP contribution is -2.61. The summed E-state index contributed by atoms with van der Waals surface area (Å²) in [7, 11) is 1.14. The number of aliphatic hydroxyl groups is 1. The Morgan fingerprint density at radius 1 is 1.42 bits per heavy atom. The number of carbonyl (C=O) groups excluding carboxylic acids is 1. The lowest BCUT2D eigenvalue weighted by atomic mass is 9.75. The van der Waals surface area contributed by atoms with Crippen molar-refractivity contribution in [2.24, 2.45) is 5.92 Å². The van der Waals surface area contributed by atoms with Crippen LogP contribution in [0.25, 0.3) is 0 Å².